The standard InChI is InChI=1S/C22H31N3O3S/c1-5-24(6-2)12-7-13-25(21(26)16-8-9-16)22-23-19(15-29-22)18-14-17(27-3)10-11-20(18)28-4/h10-11,14-16H,5-9,12-13H2,1-4H3/p+1. The van der Waals surface area contributed by atoms with Crippen molar-refractivity contribution in [3.8, 4) is 22.8 Å². The highest BCUT2D eigenvalue weighted by atomic mass is 32.1. The Hall–Kier alpha value is -2.12. The molecule has 3 rings (SSSR count). The number of carbonyl (C=O) groups is 1. The highest BCUT2D eigenvalue weighted by Gasteiger charge is 2.35. The van der Waals surface area contributed by atoms with Crippen LogP contribution in [0.15, 0.2) is 23.6 Å². The third-order valence-electron chi connectivity index (χ3n) is 5.51. The van der Waals surface area contributed by atoms with Gasteiger partial charge < -0.3 is 14.4 Å². The molecule has 0 saturated heterocycles. The third-order valence-corrected chi connectivity index (χ3v) is 6.37. The molecule has 158 valence electrons. The Morgan fingerprint density at radius 3 is 2.62 bits per heavy atom. The van der Waals surface area contributed by atoms with Gasteiger partial charge in [0.05, 0.1) is 39.5 Å². The maximum absolute atomic E-state index is 12.9. The van der Waals surface area contributed by atoms with Gasteiger partial charge in [-0.15, -0.1) is 11.3 Å². The number of nitrogens with zero attached hydrogens (tertiary/aromatic N) is 2. The number of hydrogen-bond acceptors (Lipinski definition) is 5. The number of aromatic nitrogens is 1. The van der Waals surface area contributed by atoms with Crippen molar-refractivity contribution in [1.82, 2.24) is 4.98 Å². The van der Waals surface area contributed by atoms with Crippen molar-refractivity contribution in [3.63, 3.8) is 0 Å². The maximum Gasteiger partial charge on any atom is 0.231 e. The second kappa shape index (κ2) is 10.1. The Balaban J connectivity index is 1.81. The fraction of sp³-hybridized carbons (Fsp3) is 0.545. The Kier molecular flexibility index (Phi) is 7.50. The molecule has 0 radical (unpaired) electrons. The molecule has 1 aliphatic rings. The number of carbonyl (C=O) groups excluding carboxylic acids is 1. The van der Waals surface area contributed by atoms with Gasteiger partial charge in [0.25, 0.3) is 0 Å². The second-order valence-electron chi connectivity index (χ2n) is 7.41. The van der Waals surface area contributed by atoms with Crippen molar-refractivity contribution in [2.75, 3.05) is 45.3 Å². The quantitative estimate of drug-likeness (QED) is 0.610. The van der Waals surface area contributed by atoms with Gasteiger partial charge in [0.1, 0.15) is 11.5 Å². The molecular formula is C22H32N3O3S+. The van der Waals surface area contributed by atoms with Gasteiger partial charge in [0, 0.05) is 29.8 Å². The average Bonchev–Trinajstić information content (AvgIpc) is 3.50. The van der Waals surface area contributed by atoms with E-state index in [2.05, 4.69) is 13.8 Å². The SMILES string of the molecule is CC[NH+](CC)CCCN(C(=O)C1CC1)c1nc(-c2cc(OC)ccc2OC)cs1. The van der Waals surface area contributed by atoms with Gasteiger partial charge >= 0.3 is 0 Å². The fourth-order valence-corrected chi connectivity index (χ4v) is 4.32. The van der Waals surface area contributed by atoms with Crippen molar-refractivity contribution >= 4 is 22.4 Å². The van der Waals surface area contributed by atoms with Gasteiger partial charge in [-0.3, -0.25) is 9.69 Å². The summed E-state index contributed by atoms with van der Waals surface area (Å²) in [6.45, 7) is 8.44. The lowest BCUT2D eigenvalue weighted by atomic mass is 10.1. The molecule has 1 aromatic carbocycles. The van der Waals surface area contributed by atoms with E-state index >= 15 is 0 Å². The summed E-state index contributed by atoms with van der Waals surface area (Å²) in [7, 11) is 3.29. The molecule has 2 aromatic rings. The number of rotatable bonds is 11. The van der Waals surface area contributed by atoms with E-state index in [9.17, 15) is 4.79 Å². The monoisotopic (exact) mass is 418 g/mol. The molecule has 0 aliphatic heterocycles. The van der Waals surface area contributed by atoms with E-state index in [1.54, 1.807) is 19.1 Å². The van der Waals surface area contributed by atoms with Crippen LogP contribution in [0.2, 0.25) is 0 Å². The van der Waals surface area contributed by atoms with Crippen LogP contribution in [0, 0.1) is 5.92 Å². The molecule has 1 saturated carbocycles. The number of anilines is 1. The van der Waals surface area contributed by atoms with Crippen LogP contribution >= 0.6 is 11.3 Å². The van der Waals surface area contributed by atoms with Crippen LogP contribution in [-0.2, 0) is 4.79 Å². The first kappa shape index (κ1) is 21.6. The van der Waals surface area contributed by atoms with Crippen LogP contribution in [0.25, 0.3) is 11.3 Å². The van der Waals surface area contributed by atoms with Crippen molar-refractivity contribution in [1.29, 1.82) is 0 Å². The van der Waals surface area contributed by atoms with E-state index < -0.39 is 0 Å². The van der Waals surface area contributed by atoms with Crippen molar-refractivity contribution in [2.24, 2.45) is 5.92 Å². The van der Waals surface area contributed by atoms with Crippen molar-refractivity contribution in [3.05, 3.63) is 23.6 Å². The molecule has 1 amide bonds. The van der Waals surface area contributed by atoms with Gasteiger partial charge in [0.2, 0.25) is 5.91 Å². The number of nitrogens with one attached hydrogen (secondary N) is 1. The van der Waals surface area contributed by atoms with Gasteiger partial charge in [-0.25, -0.2) is 4.98 Å². The van der Waals surface area contributed by atoms with Gasteiger partial charge in [-0.05, 0) is 44.9 Å². The lowest BCUT2D eigenvalue weighted by molar-refractivity contribution is -0.896. The highest BCUT2D eigenvalue weighted by molar-refractivity contribution is 7.14. The molecule has 1 aliphatic carbocycles. The van der Waals surface area contributed by atoms with Crippen molar-refractivity contribution < 1.29 is 19.2 Å². The number of hydrogen-bond donors (Lipinski definition) is 1. The average molecular weight is 419 g/mol. The number of amides is 1. The maximum atomic E-state index is 12.9. The number of benzene rings is 1. The summed E-state index contributed by atoms with van der Waals surface area (Å²) >= 11 is 1.52. The van der Waals surface area contributed by atoms with E-state index in [-0.39, 0.29) is 11.8 Å². The first-order valence-electron chi connectivity index (χ1n) is 10.4. The summed E-state index contributed by atoms with van der Waals surface area (Å²) in [5, 5.41) is 2.77. The molecule has 0 atom stereocenters. The number of quaternary nitrogens is 1. The van der Waals surface area contributed by atoms with Crippen LogP contribution in [0.1, 0.15) is 33.1 Å². The zero-order chi connectivity index (χ0) is 20.8. The molecule has 6 nitrogen and oxygen atoms in total. The Morgan fingerprint density at radius 1 is 1.24 bits per heavy atom. The summed E-state index contributed by atoms with van der Waals surface area (Å²) in [6, 6.07) is 5.68. The highest BCUT2D eigenvalue weighted by Crippen LogP contribution is 2.38. The van der Waals surface area contributed by atoms with Gasteiger partial charge in [-0.1, -0.05) is 0 Å². The molecule has 0 unspecified atom stereocenters. The number of ether oxygens (including phenoxy) is 2. The summed E-state index contributed by atoms with van der Waals surface area (Å²) < 4.78 is 10.9. The molecule has 29 heavy (non-hydrogen) atoms. The minimum Gasteiger partial charge on any atom is -0.497 e. The van der Waals surface area contributed by atoms with Crippen LogP contribution in [0.5, 0.6) is 11.5 Å². The van der Waals surface area contributed by atoms with E-state index in [0.717, 1.165) is 73.3 Å². The molecule has 0 spiro atoms. The zero-order valence-electron chi connectivity index (χ0n) is 17.9. The van der Waals surface area contributed by atoms with Crippen LogP contribution < -0.4 is 19.3 Å². The first-order valence-corrected chi connectivity index (χ1v) is 11.3. The van der Waals surface area contributed by atoms with Crippen molar-refractivity contribution in [2.45, 2.75) is 33.1 Å². The topological polar surface area (TPSA) is 56.1 Å². The molecule has 1 fully saturated rings. The molecular weight excluding hydrogens is 386 g/mol. The lowest BCUT2D eigenvalue weighted by Crippen LogP contribution is -3.11. The minimum absolute atomic E-state index is 0.175. The van der Waals surface area contributed by atoms with E-state index in [1.165, 1.54) is 11.3 Å². The lowest BCUT2D eigenvalue weighted by Gasteiger charge is -2.21. The fourth-order valence-electron chi connectivity index (χ4n) is 3.47. The number of thiazole rings is 1. The molecule has 7 heteroatoms. The van der Waals surface area contributed by atoms with Gasteiger partial charge in [-0.2, -0.15) is 0 Å². The first-order chi connectivity index (χ1) is 14.1. The molecule has 1 aromatic heterocycles. The Labute approximate surface area is 177 Å². The van der Waals surface area contributed by atoms with E-state index in [0.29, 0.717) is 0 Å². The van der Waals surface area contributed by atoms with E-state index in [1.807, 2.05) is 28.5 Å². The number of methoxy groups -OCH3 is 2. The van der Waals surface area contributed by atoms with Gasteiger partial charge in [0.15, 0.2) is 5.13 Å². The van der Waals surface area contributed by atoms with Crippen LogP contribution in [0.4, 0.5) is 5.13 Å². The predicted molar refractivity (Wildman–Crippen MR) is 117 cm³/mol. The molecule has 1 heterocycles. The zero-order valence-corrected chi connectivity index (χ0v) is 18.7. The normalized spacial score (nSPS) is 13.6. The third kappa shape index (κ3) is 5.28. The minimum atomic E-state index is 0.175. The smallest absolute Gasteiger partial charge is 0.231 e. The summed E-state index contributed by atoms with van der Waals surface area (Å²) in [5.74, 6) is 1.89. The summed E-state index contributed by atoms with van der Waals surface area (Å²) in [6.07, 6.45) is 2.98. The molecule has 1 N–H and O–H groups in total. The Morgan fingerprint density at radius 2 is 2.00 bits per heavy atom. The largest absolute Gasteiger partial charge is 0.497 e. The van der Waals surface area contributed by atoms with Crippen LogP contribution in [-0.4, -0.2) is 51.3 Å². The van der Waals surface area contributed by atoms with E-state index in [4.69, 9.17) is 14.5 Å². The predicted octanol–water partition coefficient (Wildman–Crippen LogP) is 2.89. The summed E-state index contributed by atoms with van der Waals surface area (Å²) in [4.78, 5) is 21.2. The Bertz CT molecular complexity index is 815. The van der Waals surface area contributed by atoms with Crippen LogP contribution in [0.3, 0.4) is 0 Å². The molecule has 0 bridgehead atoms. The summed E-state index contributed by atoms with van der Waals surface area (Å²) in [5.41, 5.74) is 1.68. The second-order valence-corrected chi connectivity index (χ2v) is 8.24.